The number of phenols is 1. The standard InChI is InChI=1S/C17H13NO7/c19-13-8-12(23-6-7-24-18(21)22)9-16-17(13)14(20)10-15(25-16)11-4-2-1-3-5-11/h1-5,8-10,19H,6-7H2. The molecule has 0 aliphatic rings. The first-order valence-electron chi connectivity index (χ1n) is 7.31. The molecule has 1 N–H and O–H groups in total. The molecule has 0 unspecified atom stereocenters. The van der Waals surface area contributed by atoms with Crippen LogP contribution in [0.2, 0.25) is 0 Å². The van der Waals surface area contributed by atoms with Crippen molar-refractivity contribution in [3.05, 3.63) is 68.9 Å². The Morgan fingerprint density at radius 3 is 2.60 bits per heavy atom. The number of hydrogen-bond donors (Lipinski definition) is 1. The highest BCUT2D eigenvalue weighted by atomic mass is 17.0. The van der Waals surface area contributed by atoms with E-state index in [0.29, 0.717) is 11.3 Å². The normalized spacial score (nSPS) is 10.6. The fraction of sp³-hybridized carbons (Fsp3) is 0.118. The van der Waals surface area contributed by atoms with Crippen LogP contribution in [0.3, 0.4) is 0 Å². The van der Waals surface area contributed by atoms with Crippen molar-refractivity contribution in [2.24, 2.45) is 0 Å². The minimum atomic E-state index is -0.924. The van der Waals surface area contributed by atoms with Crippen LogP contribution in [-0.4, -0.2) is 23.4 Å². The summed E-state index contributed by atoms with van der Waals surface area (Å²) in [5.74, 6) is 0.257. The molecule has 0 aliphatic carbocycles. The molecule has 0 atom stereocenters. The monoisotopic (exact) mass is 343 g/mol. The summed E-state index contributed by atoms with van der Waals surface area (Å²) in [6.45, 7) is -0.367. The third-order valence-corrected chi connectivity index (χ3v) is 3.39. The molecule has 8 nitrogen and oxygen atoms in total. The first kappa shape index (κ1) is 16.3. The van der Waals surface area contributed by atoms with Crippen LogP contribution in [0.4, 0.5) is 0 Å². The topological polar surface area (TPSA) is 112 Å². The minimum absolute atomic E-state index is 0.0357. The summed E-state index contributed by atoms with van der Waals surface area (Å²) < 4.78 is 11.0. The highest BCUT2D eigenvalue weighted by molar-refractivity contribution is 5.86. The number of aromatic hydroxyl groups is 1. The minimum Gasteiger partial charge on any atom is -0.507 e. The number of hydrogen-bond acceptors (Lipinski definition) is 7. The summed E-state index contributed by atoms with van der Waals surface area (Å²) in [6, 6.07) is 13.0. The van der Waals surface area contributed by atoms with Gasteiger partial charge >= 0.3 is 0 Å². The first-order valence-corrected chi connectivity index (χ1v) is 7.31. The fourth-order valence-electron chi connectivity index (χ4n) is 2.34. The van der Waals surface area contributed by atoms with Gasteiger partial charge in [-0.05, 0) is 0 Å². The molecule has 3 rings (SSSR count). The highest BCUT2D eigenvalue weighted by Crippen LogP contribution is 2.31. The molecular weight excluding hydrogens is 330 g/mol. The van der Waals surface area contributed by atoms with Crippen LogP contribution in [0.25, 0.3) is 22.3 Å². The molecule has 0 radical (unpaired) electrons. The lowest BCUT2D eigenvalue weighted by atomic mass is 10.1. The third-order valence-electron chi connectivity index (χ3n) is 3.39. The van der Waals surface area contributed by atoms with Gasteiger partial charge in [0.25, 0.3) is 5.09 Å². The van der Waals surface area contributed by atoms with E-state index in [0.717, 1.165) is 0 Å². The quantitative estimate of drug-likeness (QED) is 0.416. The molecule has 0 spiro atoms. The van der Waals surface area contributed by atoms with Gasteiger partial charge in [0.2, 0.25) is 0 Å². The zero-order chi connectivity index (χ0) is 17.8. The van der Waals surface area contributed by atoms with Crippen LogP contribution in [0.1, 0.15) is 0 Å². The predicted octanol–water partition coefficient (Wildman–Crippen LogP) is 2.75. The second-order valence-corrected chi connectivity index (χ2v) is 5.06. The zero-order valence-electron chi connectivity index (χ0n) is 12.9. The van der Waals surface area contributed by atoms with Gasteiger partial charge in [-0.15, -0.1) is 10.1 Å². The third kappa shape index (κ3) is 3.69. The number of phenolic OH excluding ortho intramolecular Hbond substituents is 1. The van der Waals surface area contributed by atoms with E-state index in [9.17, 15) is 20.0 Å². The SMILES string of the molecule is O=c1cc(-c2ccccc2)oc2cc(OCCO[N+](=O)[O-])cc(O)c12. The van der Waals surface area contributed by atoms with Crippen molar-refractivity contribution in [1.82, 2.24) is 0 Å². The molecule has 1 heterocycles. The van der Waals surface area contributed by atoms with Gasteiger partial charge in [-0.25, -0.2) is 0 Å². The van der Waals surface area contributed by atoms with Crippen LogP contribution in [-0.2, 0) is 4.84 Å². The van der Waals surface area contributed by atoms with Crippen molar-refractivity contribution in [2.75, 3.05) is 13.2 Å². The lowest BCUT2D eigenvalue weighted by molar-refractivity contribution is -0.757. The van der Waals surface area contributed by atoms with Gasteiger partial charge in [-0.2, -0.15) is 0 Å². The van der Waals surface area contributed by atoms with Crippen molar-refractivity contribution in [1.29, 1.82) is 0 Å². The van der Waals surface area contributed by atoms with E-state index in [4.69, 9.17) is 9.15 Å². The van der Waals surface area contributed by atoms with Crippen molar-refractivity contribution in [3.63, 3.8) is 0 Å². The summed E-state index contributed by atoms with van der Waals surface area (Å²) in [5.41, 5.74) is 0.476. The van der Waals surface area contributed by atoms with Gasteiger partial charge < -0.3 is 19.1 Å². The lowest BCUT2D eigenvalue weighted by Crippen LogP contribution is -2.10. The van der Waals surface area contributed by atoms with E-state index >= 15 is 0 Å². The molecule has 1 aromatic heterocycles. The summed E-state index contributed by atoms with van der Waals surface area (Å²) in [4.78, 5) is 26.5. The molecule has 0 saturated heterocycles. The lowest BCUT2D eigenvalue weighted by Gasteiger charge is -2.09. The average molecular weight is 343 g/mol. The van der Waals surface area contributed by atoms with Gasteiger partial charge in [0.1, 0.15) is 41.4 Å². The fourth-order valence-corrected chi connectivity index (χ4v) is 2.34. The number of nitrogens with zero attached hydrogens (tertiary/aromatic N) is 1. The first-order chi connectivity index (χ1) is 12.0. The molecule has 25 heavy (non-hydrogen) atoms. The molecule has 128 valence electrons. The Morgan fingerprint density at radius 2 is 1.88 bits per heavy atom. The van der Waals surface area contributed by atoms with Crippen LogP contribution < -0.4 is 10.2 Å². The predicted molar refractivity (Wildman–Crippen MR) is 88.0 cm³/mol. The van der Waals surface area contributed by atoms with Gasteiger partial charge in [0.15, 0.2) is 5.43 Å². The van der Waals surface area contributed by atoms with E-state index in [1.807, 2.05) is 18.2 Å². The number of rotatable bonds is 6. The van der Waals surface area contributed by atoms with Crippen molar-refractivity contribution < 1.29 is 24.2 Å². The second-order valence-electron chi connectivity index (χ2n) is 5.06. The van der Waals surface area contributed by atoms with Crippen molar-refractivity contribution in [2.45, 2.75) is 0 Å². The molecule has 0 bridgehead atoms. The highest BCUT2D eigenvalue weighted by Gasteiger charge is 2.13. The summed E-state index contributed by atoms with van der Waals surface area (Å²) in [5, 5.41) is 19.3. The molecule has 0 saturated carbocycles. The maximum absolute atomic E-state index is 12.3. The summed E-state index contributed by atoms with van der Waals surface area (Å²) in [6.07, 6.45) is 0. The summed E-state index contributed by atoms with van der Waals surface area (Å²) in [7, 11) is 0. The number of ether oxygens (including phenoxy) is 1. The zero-order valence-corrected chi connectivity index (χ0v) is 12.9. The Morgan fingerprint density at radius 1 is 1.12 bits per heavy atom. The van der Waals surface area contributed by atoms with Crippen LogP contribution >= 0.6 is 0 Å². The smallest absolute Gasteiger partial charge is 0.294 e. The van der Waals surface area contributed by atoms with E-state index in [2.05, 4.69) is 4.84 Å². The van der Waals surface area contributed by atoms with Crippen molar-refractivity contribution >= 4 is 11.0 Å². The molecule has 8 heteroatoms. The van der Waals surface area contributed by atoms with Gasteiger partial charge in [0, 0.05) is 23.8 Å². The van der Waals surface area contributed by atoms with Crippen LogP contribution in [0.15, 0.2) is 57.7 Å². The Hall–Kier alpha value is -3.55. The maximum atomic E-state index is 12.3. The van der Waals surface area contributed by atoms with E-state index in [-0.39, 0.29) is 41.1 Å². The average Bonchev–Trinajstić information content (AvgIpc) is 2.58. The van der Waals surface area contributed by atoms with Gasteiger partial charge in [-0.3, -0.25) is 4.79 Å². The van der Waals surface area contributed by atoms with Crippen LogP contribution in [0.5, 0.6) is 11.5 Å². The molecule has 0 amide bonds. The Kier molecular flexibility index (Phi) is 4.51. The van der Waals surface area contributed by atoms with Gasteiger partial charge in [-0.1, -0.05) is 30.3 Å². The summed E-state index contributed by atoms with van der Waals surface area (Å²) >= 11 is 0. The van der Waals surface area contributed by atoms with Crippen molar-refractivity contribution in [3.8, 4) is 22.8 Å². The maximum Gasteiger partial charge on any atom is 0.294 e. The Balaban J connectivity index is 1.95. The van der Waals surface area contributed by atoms with Gasteiger partial charge in [0.05, 0.1) is 0 Å². The largest absolute Gasteiger partial charge is 0.507 e. The molecule has 0 aliphatic heterocycles. The number of fused-ring (bicyclic) bond motifs is 1. The Bertz CT molecular complexity index is 966. The van der Waals surface area contributed by atoms with E-state index < -0.39 is 5.09 Å². The Labute approximate surface area is 140 Å². The number of benzene rings is 2. The molecule has 3 aromatic rings. The van der Waals surface area contributed by atoms with Crippen LogP contribution in [0, 0.1) is 10.1 Å². The van der Waals surface area contributed by atoms with E-state index in [1.165, 1.54) is 18.2 Å². The second kappa shape index (κ2) is 6.91. The molecule has 2 aromatic carbocycles. The van der Waals surface area contributed by atoms with E-state index in [1.54, 1.807) is 12.1 Å². The molecular formula is C17H13NO7. The molecule has 0 fully saturated rings.